The molecule has 2 aliphatic rings. The first-order valence-corrected chi connectivity index (χ1v) is 7.41. The Morgan fingerprint density at radius 1 is 0.750 bits per heavy atom. The zero-order valence-corrected chi connectivity index (χ0v) is 11.8. The molecule has 2 aliphatic carbocycles. The quantitative estimate of drug-likeness (QED) is 0.713. The van der Waals surface area contributed by atoms with Gasteiger partial charge < -0.3 is 0 Å². The van der Waals surface area contributed by atoms with Crippen LogP contribution < -0.4 is 0 Å². The van der Waals surface area contributed by atoms with Crippen molar-refractivity contribution in [3.8, 4) is 0 Å². The molecule has 4 rings (SSSR count). The third kappa shape index (κ3) is 1.68. The van der Waals surface area contributed by atoms with Crippen molar-refractivity contribution in [3.05, 3.63) is 81.9 Å². The van der Waals surface area contributed by atoms with Crippen LogP contribution in [0.15, 0.2) is 48.6 Å². The zero-order chi connectivity index (χ0) is 13.5. The lowest BCUT2D eigenvalue weighted by molar-refractivity contribution is 0.887. The maximum atomic E-state index is 2.35. The van der Waals surface area contributed by atoms with Gasteiger partial charge in [-0.3, -0.25) is 0 Å². The molecule has 0 heterocycles. The Hall–Kier alpha value is -2.08. The summed E-state index contributed by atoms with van der Waals surface area (Å²) in [6.07, 6.45) is 11.2. The second-order valence-corrected chi connectivity index (χ2v) is 5.76. The van der Waals surface area contributed by atoms with Gasteiger partial charge in [0.15, 0.2) is 0 Å². The molecule has 20 heavy (non-hydrogen) atoms. The van der Waals surface area contributed by atoms with Gasteiger partial charge in [-0.1, -0.05) is 67.6 Å². The van der Waals surface area contributed by atoms with Gasteiger partial charge in [0.2, 0.25) is 0 Å². The molecule has 0 amide bonds. The fourth-order valence-electron chi connectivity index (χ4n) is 3.62. The number of fused-ring (bicyclic) bond motifs is 2. The van der Waals surface area contributed by atoms with Crippen LogP contribution in [0.5, 0.6) is 0 Å². The zero-order valence-electron chi connectivity index (χ0n) is 11.8. The summed E-state index contributed by atoms with van der Waals surface area (Å²) in [5.74, 6) is 0.472. The van der Waals surface area contributed by atoms with Gasteiger partial charge in [0, 0.05) is 5.92 Å². The van der Waals surface area contributed by atoms with Gasteiger partial charge in [-0.25, -0.2) is 0 Å². The lowest BCUT2D eigenvalue weighted by Crippen LogP contribution is -2.04. The number of rotatable bonds is 2. The van der Waals surface area contributed by atoms with Crippen LogP contribution in [0.25, 0.3) is 12.2 Å². The van der Waals surface area contributed by atoms with E-state index in [0.29, 0.717) is 5.92 Å². The highest BCUT2D eigenvalue weighted by Gasteiger charge is 2.20. The first-order valence-electron chi connectivity index (χ1n) is 7.41. The van der Waals surface area contributed by atoms with E-state index in [1.165, 1.54) is 33.4 Å². The topological polar surface area (TPSA) is 0 Å². The SMILES string of the molecule is CC(c1cccc2c1CC=C2)c1cccc2c1CC=C2. The summed E-state index contributed by atoms with van der Waals surface area (Å²) >= 11 is 0. The highest BCUT2D eigenvalue weighted by molar-refractivity contribution is 5.65. The van der Waals surface area contributed by atoms with Crippen LogP contribution in [0, 0.1) is 0 Å². The Kier molecular flexibility index (Phi) is 2.63. The molecule has 0 nitrogen and oxygen atoms in total. The smallest absolute Gasteiger partial charge is 0.00671 e. The monoisotopic (exact) mass is 258 g/mol. The van der Waals surface area contributed by atoms with Crippen LogP contribution in [-0.4, -0.2) is 0 Å². The van der Waals surface area contributed by atoms with Crippen molar-refractivity contribution in [2.45, 2.75) is 25.7 Å². The number of hydrogen-bond acceptors (Lipinski definition) is 0. The molecular formula is C20H18. The largest absolute Gasteiger partial charge is 0.0795 e. The van der Waals surface area contributed by atoms with Gasteiger partial charge in [0.1, 0.15) is 0 Å². The lowest BCUT2D eigenvalue weighted by Gasteiger charge is -2.20. The van der Waals surface area contributed by atoms with Crippen molar-refractivity contribution in [2.24, 2.45) is 0 Å². The van der Waals surface area contributed by atoms with Crippen LogP contribution in [0.1, 0.15) is 46.2 Å². The summed E-state index contributed by atoms with van der Waals surface area (Å²) in [4.78, 5) is 0. The van der Waals surface area contributed by atoms with E-state index in [-0.39, 0.29) is 0 Å². The Morgan fingerprint density at radius 3 is 1.75 bits per heavy atom. The van der Waals surface area contributed by atoms with Gasteiger partial charge in [0.05, 0.1) is 0 Å². The summed E-state index contributed by atoms with van der Waals surface area (Å²) in [5.41, 5.74) is 8.83. The predicted octanol–water partition coefficient (Wildman–Crippen LogP) is 4.98. The van der Waals surface area contributed by atoms with Gasteiger partial charge in [-0.05, 0) is 46.2 Å². The van der Waals surface area contributed by atoms with Crippen LogP contribution in [0.2, 0.25) is 0 Å². The summed E-state index contributed by atoms with van der Waals surface area (Å²) in [6, 6.07) is 13.5. The van der Waals surface area contributed by atoms with Gasteiger partial charge in [-0.2, -0.15) is 0 Å². The molecule has 0 heteroatoms. The molecule has 0 saturated heterocycles. The maximum Gasteiger partial charge on any atom is 0.00671 e. The molecule has 0 atom stereocenters. The Bertz CT molecular complexity index is 668. The number of benzene rings is 2. The highest BCUT2D eigenvalue weighted by atomic mass is 14.2. The van der Waals surface area contributed by atoms with E-state index in [2.05, 4.69) is 67.6 Å². The van der Waals surface area contributed by atoms with Crippen molar-refractivity contribution in [3.63, 3.8) is 0 Å². The Balaban J connectivity index is 1.82. The van der Waals surface area contributed by atoms with Crippen molar-refractivity contribution in [1.82, 2.24) is 0 Å². The molecule has 0 bridgehead atoms. The molecule has 0 fully saturated rings. The maximum absolute atomic E-state index is 2.35. The second-order valence-electron chi connectivity index (χ2n) is 5.76. The summed E-state index contributed by atoms with van der Waals surface area (Å²) in [6.45, 7) is 2.35. The van der Waals surface area contributed by atoms with E-state index in [0.717, 1.165) is 12.8 Å². The minimum atomic E-state index is 0.472. The fourth-order valence-corrected chi connectivity index (χ4v) is 3.62. The molecule has 0 aromatic heterocycles. The molecule has 0 spiro atoms. The average molecular weight is 258 g/mol. The Morgan fingerprint density at radius 2 is 1.25 bits per heavy atom. The van der Waals surface area contributed by atoms with Crippen LogP contribution >= 0.6 is 0 Å². The van der Waals surface area contributed by atoms with E-state index < -0.39 is 0 Å². The highest BCUT2D eigenvalue weighted by Crippen LogP contribution is 2.36. The molecule has 0 radical (unpaired) electrons. The van der Waals surface area contributed by atoms with E-state index in [1.807, 2.05) is 0 Å². The molecule has 0 N–H and O–H groups in total. The van der Waals surface area contributed by atoms with Crippen molar-refractivity contribution in [2.75, 3.05) is 0 Å². The summed E-state index contributed by atoms with van der Waals surface area (Å²) in [5, 5.41) is 0. The lowest BCUT2D eigenvalue weighted by atomic mass is 9.84. The van der Waals surface area contributed by atoms with Gasteiger partial charge >= 0.3 is 0 Å². The van der Waals surface area contributed by atoms with Crippen molar-refractivity contribution >= 4 is 12.2 Å². The van der Waals surface area contributed by atoms with E-state index in [9.17, 15) is 0 Å². The molecule has 0 saturated carbocycles. The van der Waals surface area contributed by atoms with Gasteiger partial charge in [0.25, 0.3) is 0 Å². The molecule has 98 valence electrons. The summed E-state index contributed by atoms with van der Waals surface area (Å²) < 4.78 is 0. The normalized spacial score (nSPS) is 14.9. The van der Waals surface area contributed by atoms with Crippen LogP contribution in [0.4, 0.5) is 0 Å². The minimum absolute atomic E-state index is 0.472. The first kappa shape index (κ1) is 11.7. The number of allylic oxidation sites excluding steroid dienone is 2. The van der Waals surface area contributed by atoms with Crippen molar-refractivity contribution in [1.29, 1.82) is 0 Å². The van der Waals surface area contributed by atoms with Gasteiger partial charge in [-0.15, -0.1) is 0 Å². The third-order valence-corrected chi connectivity index (χ3v) is 4.67. The Labute approximate surface area is 120 Å². The van der Waals surface area contributed by atoms with E-state index in [4.69, 9.17) is 0 Å². The molecule has 2 aromatic rings. The summed E-state index contributed by atoms with van der Waals surface area (Å²) in [7, 11) is 0. The molecule has 0 aliphatic heterocycles. The predicted molar refractivity (Wildman–Crippen MR) is 85.9 cm³/mol. The third-order valence-electron chi connectivity index (χ3n) is 4.67. The minimum Gasteiger partial charge on any atom is -0.0795 e. The fraction of sp³-hybridized carbons (Fsp3) is 0.200. The van der Waals surface area contributed by atoms with Crippen LogP contribution in [-0.2, 0) is 12.8 Å². The van der Waals surface area contributed by atoms with E-state index >= 15 is 0 Å². The standard InChI is InChI=1S/C20H18/c1-14(17-10-2-6-15-8-4-12-19(15)17)18-11-3-7-16-9-5-13-20(16)18/h2-11,14H,12-13H2,1H3. The first-order chi connectivity index (χ1) is 9.84. The van der Waals surface area contributed by atoms with Crippen LogP contribution in [0.3, 0.4) is 0 Å². The second kappa shape index (κ2) is 4.49. The number of hydrogen-bond donors (Lipinski definition) is 0. The molecular weight excluding hydrogens is 240 g/mol. The van der Waals surface area contributed by atoms with E-state index in [1.54, 1.807) is 0 Å². The molecule has 0 unspecified atom stereocenters. The molecule has 2 aromatic carbocycles. The van der Waals surface area contributed by atoms with Crippen molar-refractivity contribution < 1.29 is 0 Å². The average Bonchev–Trinajstić information content (AvgIpc) is 3.13.